The second-order valence-electron chi connectivity index (χ2n) is 4.70. The number of halogens is 3. The first-order chi connectivity index (χ1) is 11.0. The number of nitro groups is 1. The van der Waals surface area contributed by atoms with Crippen LogP contribution < -0.4 is 0 Å². The molecule has 0 bridgehead atoms. The number of benzene rings is 2. The summed E-state index contributed by atoms with van der Waals surface area (Å²) in [7, 11) is 0. The van der Waals surface area contributed by atoms with Crippen molar-refractivity contribution in [2.45, 2.75) is 0 Å². The summed E-state index contributed by atoms with van der Waals surface area (Å²) in [6, 6.07) is 14.1. The van der Waals surface area contributed by atoms with E-state index in [0.29, 0.717) is 5.02 Å². The molecule has 0 unspecified atom stereocenters. The number of thiophene rings is 1. The van der Waals surface area contributed by atoms with Crippen LogP contribution in [0.1, 0.15) is 0 Å². The minimum absolute atomic E-state index is 0.0819. The minimum atomic E-state index is -0.400. The van der Waals surface area contributed by atoms with Gasteiger partial charge in [-0.1, -0.05) is 23.7 Å². The van der Waals surface area contributed by atoms with Crippen LogP contribution in [-0.4, -0.2) is 4.92 Å². The predicted molar refractivity (Wildman–Crippen MR) is 102 cm³/mol. The first-order valence-electron chi connectivity index (χ1n) is 6.46. The Bertz CT molecular complexity index is 876. The maximum atomic E-state index is 10.8. The number of non-ortho nitro benzene ring substituents is 1. The predicted octanol–water partition coefficient (Wildman–Crippen LogP) is 7.17. The average molecular weight is 474 g/mol. The Hall–Kier alpha value is -1.21. The van der Waals surface area contributed by atoms with Crippen LogP contribution in [0.3, 0.4) is 0 Å². The van der Waals surface area contributed by atoms with Crippen LogP contribution in [0, 0.1) is 10.1 Å². The molecule has 1 aromatic heterocycles. The van der Waals surface area contributed by atoms with E-state index < -0.39 is 4.92 Å². The molecule has 0 spiro atoms. The number of hydrogen-bond donors (Lipinski definition) is 0. The van der Waals surface area contributed by atoms with Gasteiger partial charge in [-0.25, -0.2) is 0 Å². The van der Waals surface area contributed by atoms with Crippen molar-refractivity contribution < 1.29 is 4.92 Å². The van der Waals surface area contributed by atoms with Gasteiger partial charge in [0.15, 0.2) is 0 Å². The van der Waals surface area contributed by atoms with Crippen molar-refractivity contribution in [3.63, 3.8) is 0 Å². The highest BCUT2D eigenvalue weighted by Gasteiger charge is 2.18. The van der Waals surface area contributed by atoms with Crippen molar-refractivity contribution in [3.8, 4) is 21.6 Å². The Morgan fingerprint density at radius 1 is 0.957 bits per heavy atom. The molecular formula is C16H8Br2ClNO2S. The van der Waals surface area contributed by atoms with Crippen LogP contribution in [0.5, 0.6) is 0 Å². The topological polar surface area (TPSA) is 43.1 Å². The Morgan fingerprint density at radius 2 is 1.52 bits per heavy atom. The molecular weight excluding hydrogens is 466 g/mol. The summed E-state index contributed by atoms with van der Waals surface area (Å²) < 4.78 is 1.94. The van der Waals surface area contributed by atoms with Crippen LogP contribution in [0.4, 0.5) is 5.69 Å². The number of rotatable bonds is 3. The second-order valence-corrected chi connectivity index (χ2v) is 8.27. The van der Waals surface area contributed by atoms with Crippen LogP contribution in [0.25, 0.3) is 21.6 Å². The van der Waals surface area contributed by atoms with Gasteiger partial charge >= 0.3 is 0 Å². The Labute approximate surface area is 158 Å². The number of nitro benzene ring substituents is 1. The van der Waals surface area contributed by atoms with E-state index in [-0.39, 0.29) is 5.69 Å². The number of nitrogens with zero attached hydrogens (tertiary/aromatic N) is 1. The summed E-state index contributed by atoms with van der Waals surface area (Å²) in [6.45, 7) is 0. The van der Waals surface area contributed by atoms with Crippen LogP contribution in [-0.2, 0) is 0 Å². The van der Waals surface area contributed by atoms with Crippen LogP contribution >= 0.6 is 54.8 Å². The third-order valence-electron chi connectivity index (χ3n) is 3.28. The number of hydrogen-bond acceptors (Lipinski definition) is 3. The molecule has 0 aliphatic carbocycles. The molecule has 0 N–H and O–H groups in total. The van der Waals surface area contributed by atoms with Crippen molar-refractivity contribution in [3.05, 3.63) is 71.9 Å². The molecule has 0 atom stereocenters. The van der Waals surface area contributed by atoms with Gasteiger partial charge in [0, 0.05) is 27.2 Å². The third-order valence-corrected chi connectivity index (χ3v) is 6.50. The van der Waals surface area contributed by atoms with Crippen molar-refractivity contribution in [2.75, 3.05) is 0 Å². The Balaban J connectivity index is 2.07. The van der Waals surface area contributed by atoms with E-state index in [0.717, 1.165) is 29.8 Å². The summed E-state index contributed by atoms with van der Waals surface area (Å²) in [5.41, 5.74) is 3.09. The van der Waals surface area contributed by atoms with Gasteiger partial charge in [-0.15, -0.1) is 11.3 Å². The van der Waals surface area contributed by atoms with Crippen molar-refractivity contribution in [1.82, 2.24) is 0 Å². The molecule has 7 heteroatoms. The Kier molecular flexibility index (Phi) is 4.87. The molecule has 2 aromatic carbocycles. The first-order valence-corrected chi connectivity index (χ1v) is 9.24. The summed E-state index contributed by atoms with van der Waals surface area (Å²) in [6.07, 6.45) is 0. The van der Waals surface area contributed by atoms with Gasteiger partial charge in [-0.05, 0) is 67.3 Å². The maximum absolute atomic E-state index is 10.8. The van der Waals surface area contributed by atoms with E-state index in [1.807, 2.05) is 24.3 Å². The SMILES string of the molecule is O=[N+]([O-])c1ccc(-c2sc(Br)c(-c3ccc(Cl)cc3)c2Br)cc1. The second kappa shape index (κ2) is 6.73. The fraction of sp³-hybridized carbons (Fsp3) is 0. The largest absolute Gasteiger partial charge is 0.269 e. The highest BCUT2D eigenvalue weighted by molar-refractivity contribution is 9.11. The smallest absolute Gasteiger partial charge is 0.258 e. The van der Waals surface area contributed by atoms with Gasteiger partial charge in [0.1, 0.15) is 0 Å². The van der Waals surface area contributed by atoms with Crippen molar-refractivity contribution >= 4 is 60.5 Å². The van der Waals surface area contributed by atoms with Gasteiger partial charge in [0.25, 0.3) is 5.69 Å². The van der Waals surface area contributed by atoms with Gasteiger partial charge in [-0.3, -0.25) is 10.1 Å². The van der Waals surface area contributed by atoms with E-state index >= 15 is 0 Å². The molecule has 1 heterocycles. The molecule has 116 valence electrons. The molecule has 0 amide bonds. The fourth-order valence-corrected chi connectivity index (χ4v) is 5.44. The summed E-state index contributed by atoms with van der Waals surface area (Å²) in [5.74, 6) is 0. The molecule has 0 radical (unpaired) electrons. The molecule has 0 saturated carbocycles. The molecule has 0 aliphatic heterocycles. The molecule has 3 rings (SSSR count). The first kappa shape index (κ1) is 16.6. The Morgan fingerprint density at radius 3 is 2.09 bits per heavy atom. The zero-order valence-electron chi connectivity index (χ0n) is 11.4. The van der Waals surface area contributed by atoms with E-state index in [1.165, 1.54) is 12.1 Å². The standard InChI is InChI=1S/C16H8Br2ClNO2S/c17-14-13(9-1-5-11(19)6-2-9)16(18)23-15(14)10-3-7-12(8-4-10)20(21)22/h1-8H. The highest BCUT2D eigenvalue weighted by Crippen LogP contribution is 2.48. The van der Waals surface area contributed by atoms with Gasteiger partial charge in [0.05, 0.1) is 13.6 Å². The van der Waals surface area contributed by atoms with Gasteiger partial charge < -0.3 is 0 Å². The zero-order chi connectivity index (χ0) is 16.6. The van der Waals surface area contributed by atoms with Crippen LogP contribution in [0.15, 0.2) is 56.8 Å². The van der Waals surface area contributed by atoms with E-state index in [9.17, 15) is 10.1 Å². The van der Waals surface area contributed by atoms with E-state index in [4.69, 9.17) is 11.6 Å². The lowest BCUT2D eigenvalue weighted by Crippen LogP contribution is -1.86. The summed E-state index contributed by atoms with van der Waals surface area (Å²) in [5, 5.41) is 11.5. The van der Waals surface area contributed by atoms with Crippen molar-refractivity contribution in [2.24, 2.45) is 0 Å². The van der Waals surface area contributed by atoms with Crippen molar-refractivity contribution in [1.29, 1.82) is 0 Å². The zero-order valence-corrected chi connectivity index (χ0v) is 16.2. The van der Waals surface area contributed by atoms with Gasteiger partial charge in [0.2, 0.25) is 0 Å². The molecule has 0 fully saturated rings. The summed E-state index contributed by atoms with van der Waals surface area (Å²) >= 11 is 14.8. The molecule has 23 heavy (non-hydrogen) atoms. The monoisotopic (exact) mass is 471 g/mol. The lowest BCUT2D eigenvalue weighted by atomic mass is 10.1. The van der Waals surface area contributed by atoms with E-state index in [1.54, 1.807) is 23.5 Å². The quantitative estimate of drug-likeness (QED) is 0.299. The lowest BCUT2D eigenvalue weighted by molar-refractivity contribution is -0.384. The third kappa shape index (κ3) is 3.35. The highest BCUT2D eigenvalue weighted by atomic mass is 79.9. The minimum Gasteiger partial charge on any atom is -0.258 e. The normalized spacial score (nSPS) is 10.7. The molecule has 3 aromatic rings. The molecule has 3 nitrogen and oxygen atoms in total. The molecule has 0 aliphatic rings. The van der Waals surface area contributed by atoms with E-state index in [2.05, 4.69) is 31.9 Å². The molecule has 0 saturated heterocycles. The van der Waals surface area contributed by atoms with Crippen LogP contribution in [0.2, 0.25) is 5.02 Å². The lowest BCUT2D eigenvalue weighted by Gasteiger charge is -2.03. The fourth-order valence-electron chi connectivity index (χ4n) is 2.16. The average Bonchev–Trinajstić information content (AvgIpc) is 2.83. The maximum Gasteiger partial charge on any atom is 0.269 e. The van der Waals surface area contributed by atoms with Gasteiger partial charge in [-0.2, -0.15) is 0 Å². The summed E-state index contributed by atoms with van der Waals surface area (Å²) in [4.78, 5) is 11.4.